The van der Waals surface area contributed by atoms with Crippen LogP contribution in [0.5, 0.6) is 5.75 Å². The van der Waals surface area contributed by atoms with Crippen LogP contribution in [0.2, 0.25) is 0 Å². The molecule has 5 heteroatoms. The Balaban J connectivity index is 1.96. The van der Waals surface area contributed by atoms with Gasteiger partial charge in [0, 0.05) is 31.4 Å². The molecule has 0 unspecified atom stereocenters. The molecule has 2 aromatic heterocycles. The van der Waals surface area contributed by atoms with Gasteiger partial charge in [0.05, 0.1) is 17.3 Å². The van der Waals surface area contributed by atoms with Gasteiger partial charge in [-0.15, -0.1) is 0 Å². The van der Waals surface area contributed by atoms with Crippen LogP contribution >= 0.6 is 0 Å². The predicted octanol–water partition coefficient (Wildman–Crippen LogP) is 2.61. The summed E-state index contributed by atoms with van der Waals surface area (Å²) in [6.45, 7) is 0.419. The predicted molar refractivity (Wildman–Crippen MR) is 83.4 cm³/mol. The molecule has 0 aliphatic heterocycles. The van der Waals surface area contributed by atoms with Crippen molar-refractivity contribution in [1.82, 2.24) is 14.9 Å². The molecule has 0 atom stereocenters. The van der Waals surface area contributed by atoms with Crippen molar-refractivity contribution < 1.29 is 9.90 Å². The van der Waals surface area contributed by atoms with E-state index in [2.05, 4.69) is 9.97 Å². The van der Waals surface area contributed by atoms with Crippen LogP contribution in [0.25, 0.3) is 10.9 Å². The second-order valence-corrected chi connectivity index (χ2v) is 5.06. The molecule has 0 fully saturated rings. The minimum Gasteiger partial charge on any atom is -0.505 e. The average Bonchev–Trinajstić information content (AvgIpc) is 2.55. The SMILES string of the molecule is CN(Cc1cccnc1)C(=O)c1c(O)cnc2ccccc12. The maximum Gasteiger partial charge on any atom is 0.258 e. The Hall–Kier alpha value is -2.95. The van der Waals surface area contributed by atoms with E-state index < -0.39 is 0 Å². The van der Waals surface area contributed by atoms with Gasteiger partial charge in [0.15, 0.2) is 0 Å². The fourth-order valence-electron chi connectivity index (χ4n) is 2.38. The molecule has 1 aromatic carbocycles. The Labute approximate surface area is 127 Å². The third kappa shape index (κ3) is 2.61. The molecule has 22 heavy (non-hydrogen) atoms. The average molecular weight is 293 g/mol. The summed E-state index contributed by atoms with van der Waals surface area (Å²) in [5.74, 6) is -0.360. The quantitative estimate of drug-likeness (QED) is 0.806. The smallest absolute Gasteiger partial charge is 0.258 e. The Morgan fingerprint density at radius 2 is 2.00 bits per heavy atom. The minimum absolute atomic E-state index is 0.110. The zero-order valence-electron chi connectivity index (χ0n) is 12.1. The van der Waals surface area contributed by atoms with Gasteiger partial charge in [-0.1, -0.05) is 24.3 Å². The first-order valence-electron chi connectivity index (χ1n) is 6.88. The van der Waals surface area contributed by atoms with Crippen molar-refractivity contribution in [3.63, 3.8) is 0 Å². The van der Waals surface area contributed by atoms with Crippen LogP contribution in [-0.2, 0) is 6.54 Å². The van der Waals surface area contributed by atoms with E-state index in [1.807, 2.05) is 30.3 Å². The summed E-state index contributed by atoms with van der Waals surface area (Å²) in [6.07, 6.45) is 4.72. The summed E-state index contributed by atoms with van der Waals surface area (Å²) in [4.78, 5) is 22.4. The highest BCUT2D eigenvalue weighted by molar-refractivity contribution is 6.08. The normalized spacial score (nSPS) is 10.6. The van der Waals surface area contributed by atoms with Crippen LogP contribution in [0.1, 0.15) is 15.9 Å². The highest BCUT2D eigenvalue weighted by Crippen LogP contribution is 2.26. The molecule has 0 radical (unpaired) electrons. The lowest BCUT2D eigenvalue weighted by Gasteiger charge is -2.18. The largest absolute Gasteiger partial charge is 0.505 e. The van der Waals surface area contributed by atoms with Gasteiger partial charge in [0.1, 0.15) is 5.75 Å². The summed E-state index contributed by atoms with van der Waals surface area (Å²) < 4.78 is 0. The molecule has 0 aliphatic rings. The van der Waals surface area contributed by atoms with E-state index in [4.69, 9.17) is 0 Å². The van der Waals surface area contributed by atoms with E-state index in [9.17, 15) is 9.90 Å². The fourth-order valence-corrected chi connectivity index (χ4v) is 2.38. The van der Waals surface area contributed by atoms with Crippen molar-refractivity contribution in [1.29, 1.82) is 0 Å². The molecule has 2 heterocycles. The Morgan fingerprint density at radius 1 is 1.18 bits per heavy atom. The van der Waals surface area contributed by atoms with Gasteiger partial charge in [0.2, 0.25) is 0 Å². The number of carbonyl (C=O) groups is 1. The molecule has 0 bridgehead atoms. The molecule has 1 amide bonds. The summed E-state index contributed by atoms with van der Waals surface area (Å²) in [5.41, 5.74) is 1.88. The van der Waals surface area contributed by atoms with Crippen molar-refractivity contribution in [3.05, 3.63) is 66.1 Å². The third-order valence-corrected chi connectivity index (χ3v) is 3.46. The number of aromatic nitrogens is 2. The Morgan fingerprint density at radius 3 is 2.77 bits per heavy atom. The molecule has 5 nitrogen and oxygen atoms in total. The first kappa shape index (κ1) is 14.0. The van der Waals surface area contributed by atoms with E-state index in [1.54, 1.807) is 30.4 Å². The summed E-state index contributed by atoms with van der Waals surface area (Å²) >= 11 is 0. The monoisotopic (exact) mass is 293 g/mol. The first-order chi connectivity index (χ1) is 10.7. The van der Waals surface area contributed by atoms with E-state index >= 15 is 0 Å². The lowest BCUT2D eigenvalue weighted by atomic mass is 10.1. The van der Waals surface area contributed by atoms with Crippen LogP contribution < -0.4 is 0 Å². The van der Waals surface area contributed by atoms with Gasteiger partial charge in [-0.25, -0.2) is 0 Å². The number of carbonyl (C=O) groups excluding carboxylic acids is 1. The number of benzene rings is 1. The molecule has 0 aliphatic carbocycles. The second kappa shape index (κ2) is 5.81. The topological polar surface area (TPSA) is 66.3 Å². The van der Waals surface area contributed by atoms with Crippen molar-refractivity contribution in [2.75, 3.05) is 7.05 Å². The van der Waals surface area contributed by atoms with Crippen molar-refractivity contribution in [2.45, 2.75) is 6.54 Å². The number of para-hydroxylation sites is 1. The molecule has 0 saturated heterocycles. The van der Waals surface area contributed by atoms with Gasteiger partial charge in [0.25, 0.3) is 5.91 Å². The lowest BCUT2D eigenvalue weighted by Crippen LogP contribution is -2.26. The molecule has 1 N–H and O–H groups in total. The van der Waals surface area contributed by atoms with Gasteiger partial charge in [-0.3, -0.25) is 14.8 Å². The second-order valence-electron chi connectivity index (χ2n) is 5.06. The molecular formula is C17H15N3O2. The summed E-state index contributed by atoms with van der Waals surface area (Å²) in [7, 11) is 1.70. The Kier molecular flexibility index (Phi) is 3.70. The number of rotatable bonds is 3. The number of amides is 1. The van der Waals surface area contributed by atoms with Gasteiger partial charge in [-0.05, 0) is 17.7 Å². The standard InChI is InChI=1S/C17H15N3O2/c1-20(11-12-5-4-8-18-9-12)17(22)16-13-6-2-3-7-14(13)19-10-15(16)21/h2-10,21H,11H2,1H3. The summed E-state index contributed by atoms with van der Waals surface area (Å²) in [6, 6.07) is 11.0. The van der Waals surface area contributed by atoms with Crippen LogP contribution in [0.15, 0.2) is 55.0 Å². The van der Waals surface area contributed by atoms with Gasteiger partial charge in [-0.2, -0.15) is 0 Å². The highest BCUT2D eigenvalue weighted by Gasteiger charge is 2.19. The number of aromatic hydroxyl groups is 1. The van der Waals surface area contributed by atoms with E-state index in [-0.39, 0.29) is 17.2 Å². The molecular weight excluding hydrogens is 278 g/mol. The summed E-state index contributed by atoms with van der Waals surface area (Å²) in [5, 5.41) is 10.7. The minimum atomic E-state index is -0.250. The molecule has 0 saturated carbocycles. The third-order valence-electron chi connectivity index (χ3n) is 3.46. The number of nitrogens with zero attached hydrogens (tertiary/aromatic N) is 3. The molecule has 3 rings (SSSR count). The van der Waals surface area contributed by atoms with Crippen LogP contribution in [0, 0.1) is 0 Å². The maximum atomic E-state index is 12.7. The number of hydrogen-bond donors (Lipinski definition) is 1. The lowest BCUT2D eigenvalue weighted by molar-refractivity contribution is 0.0784. The van der Waals surface area contributed by atoms with Crippen LogP contribution in [0.3, 0.4) is 0 Å². The number of fused-ring (bicyclic) bond motifs is 1. The van der Waals surface area contributed by atoms with Gasteiger partial charge < -0.3 is 10.0 Å². The van der Waals surface area contributed by atoms with Crippen LogP contribution in [0.4, 0.5) is 0 Å². The zero-order valence-corrected chi connectivity index (χ0v) is 12.1. The maximum absolute atomic E-state index is 12.7. The Bertz CT molecular complexity index is 819. The van der Waals surface area contributed by atoms with Crippen molar-refractivity contribution in [2.24, 2.45) is 0 Å². The fraction of sp³-hybridized carbons (Fsp3) is 0.118. The molecule has 0 spiro atoms. The number of pyridine rings is 2. The van der Waals surface area contributed by atoms with Crippen LogP contribution in [-0.4, -0.2) is 32.9 Å². The van der Waals surface area contributed by atoms with E-state index in [0.29, 0.717) is 17.4 Å². The highest BCUT2D eigenvalue weighted by atomic mass is 16.3. The molecule has 110 valence electrons. The van der Waals surface area contributed by atoms with Crippen molar-refractivity contribution in [3.8, 4) is 5.75 Å². The number of hydrogen-bond acceptors (Lipinski definition) is 4. The van der Waals surface area contributed by atoms with Gasteiger partial charge >= 0.3 is 0 Å². The van der Waals surface area contributed by atoms with Crippen molar-refractivity contribution >= 4 is 16.8 Å². The zero-order chi connectivity index (χ0) is 15.5. The first-order valence-corrected chi connectivity index (χ1v) is 6.88. The van der Waals surface area contributed by atoms with E-state index in [0.717, 1.165) is 5.56 Å². The molecule has 3 aromatic rings. The van der Waals surface area contributed by atoms with E-state index in [1.165, 1.54) is 6.20 Å².